The number of amides is 2. The van der Waals surface area contributed by atoms with Crippen molar-refractivity contribution in [2.24, 2.45) is 5.73 Å². The quantitative estimate of drug-likeness (QED) is 0.364. The number of hydrogen-bond acceptors (Lipinski definition) is 7. The second-order valence-electron chi connectivity index (χ2n) is 6.56. The van der Waals surface area contributed by atoms with Crippen LogP contribution in [0.1, 0.15) is 27.2 Å². The van der Waals surface area contributed by atoms with Crippen LogP contribution in [0.25, 0.3) is 11.4 Å². The van der Waals surface area contributed by atoms with Gasteiger partial charge in [0.1, 0.15) is 5.00 Å². The summed E-state index contributed by atoms with van der Waals surface area (Å²) < 4.78 is 1.27. The molecule has 0 spiro atoms. The van der Waals surface area contributed by atoms with E-state index in [-0.39, 0.29) is 11.7 Å². The zero-order chi connectivity index (χ0) is 21.4. The number of thioether (sulfide) groups is 1. The molecule has 0 atom stereocenters. The number of nitrogens with zero attached hydrogens (tertiary/aromatic N) is 3. The number of carbonyl (C=O) groups excluding carboxylic acids is 2. The topological polar surface area (TPSA) is 129 Å². The molecule has 30 heavy (non-hydrogen) atoms. The molecular formula is C18H16Cl2N6O2S2. The maximum atomic E-state index is 12.5. The Morgan fingerprint density at radius 3 is 2.80 bits per heavy atom. The maximum absolute atomic E-state index is 12.5. The van der Waals surface area contributed by atoms with Crippen molar-refractivity contribution in [1.82, 2.24) is 14.9 Å². The Hall–Kier alpha value is -2.27. The van der Waals surface area contributed by atoms with Gasteiger partial charge in [0.2, 0.25) is 11.1 Å². The number of aromatic nitrogens is 3. The molecule has 0 fully saturated rings. The van der Waals surface area contributed by atoms with Crippen LogP contribution >= 0.6 is 46.3 Å². The van der Waals surface area contributed by atoms with Crippen molar-refractivity contribution in [3.05, 3.63) is 44.2 Å². The molecule has 2 heterocycles. The summed E-state index contributed by atoms with van der Waals surface area (Å²) in [5.74, 6) is 5.65. The van der Waals surface area contributed by atoms with E-state index in [1.54, 1.807) is 18.2 Å². The molecule has 2 aromatic heterocycles. The third kappa shape index (κ3) is 4.00. The van der Waals surface area contributed by atoms with E-state index in [1.165, 1.54) is 16.0 Å². The summed E-state index contributed by atoms with van der Waals surface area (Å²) in [4.78, 5) is 25.4. The van der Waals surface area contributed by atoms with Gasteiger partial charge < -0.3 is 16.9 Å². The van der Waals surface area contributed by atoms with Gasteiger partial charge in [-0.25, -0.2) is 4.68 Å². The second-order valence-corrected chi connectivity index (χ2v) is 9.45. The van der Waals surface area contributed by atoms with E-state index in [1.807, 2.05) is 0 Å². The van der Waals surface area contributed by atoms with Crippen molar-refractivity contribution in [3.8, 4) is 11.4 Å². The first-order chi connectivity index (χ1) is 14.3. The van der Waals surface area contributed by atoms with Gasteiger partial charge in [-0.05, 0) is 43.0 Å². The van der Waals surface area contributed by atoms with Gasteiger partial charge in [0, 0.05) is 15.5 Å². The molecule has 0 aliphatic heterocycles. The molecule has 0 bridgehead atoms. The summed E-state index contributed by atoms with van der Waals surface area (Å²) in [5, 5.41) is 12.6. The highest BCUT2D eigenvalue weighted by Gasteiger charge is 2.26. The Morgan fingerprint density at radius 1 is 1.27 bits per heavy atom. The predicted octanol–water partition coefficient (Wildman–Crippen LogP) is 3.35. The molecule has 0 saturated heterocycles. The van der Waals surface area contributed by atoms with Gasteiger partial charge in [-0.15, -0.1) is 21.5 Å². The molecule has 1 aromatic carbocycles. The average molecular weight is 483 g/mol. The number of primary amides is 1. The molecule has 1 aliphatic rings. The first-order valence-electron chi connectivity index (χ1n) is 8.88. The number of carbonyl (C=O) groups is 2. The SMILES string of the molecule is NC(=O)c1c(NC(=O)CSc2nnc(-c3ccc(Cl)cc3Cl)n2N)sc2c1CCC2. The van der Waals surface area contributed by atoms with Crippen molar-refractivity contribution in [3.63, 3.8) is 0 Å². The van der Waals surface area contributed by atoms with Gasteiger partial charge >= 0.3 is 0 Å². The van der Waals surface area contributed by atoms with Crippen molar-refractivity contribution >= 4 is 63.1 Å². The van der Waals surface area contributed by atoms with Gasteiger partial charge in [-0.2, -0.15) is 0 Å². The third-order valence-corrected chi connectivity index (χ3v) is 7.29. The van der Waals surface area contributed by atoms with Crippen LogP contribution in [-0.2, 0) is 17.6 Å². The van der Waals surface area contributed by atoms with Crippen LogP contribution in [0, 0.1) is 0 Å². The standard InChI is InChI=1S/C18H16Cl2N6O2S2/c19-8-4-5-9(11(20)6-8)16-24-25-18(26(16)22)29-7-13(27)23-17-14(15(21)28)10-2-1-3-12(10)30-17/h4-6H,1-3,7,22H2,(H2,21,28)(H,23,27). The number of anilines is 1. The van der Waals surface area contributed by atoms with E-state index in [9.17, 15) is 9.59 Å². The van der Waals surface area contributed by atoms with E-state index in [0.29, 0.717) is 37.2 Å². The van der Waals surface area contributed by atoms with Crippen LogP contribution in [0.15, 0.2) is 23.4 Å². The number of rotatable bonds is 6. The van der Waals surface area contributed by atoms with Crippen LogP contribution < -0.4 is 16.9 Å². The minimum absolute atomic E-state index is 0.0322. The average Bonchev–Trinajstić information content (AvgIpc) is 3.35. The number of nitrogens with one attached hydrogen (secondary N) is 1. The molecule has 8 nitrogen and oxygen atoms in total. The highest BCUT2D eigenvalue weighted by atomic mass is 35.5. The Bertz CT molecular complexity index is 1160. The van der Waals surface area contributed by atoms with Gasteiger partial charge in [0.25, 0.3) is 5.91 Å². The summed E-state index contributed by atoms with van der Waals surface area (Å²) in [5.41, 5.74) is 7.49. The number of nitrogens with two attached hydrogens (primary N) is 2. The first kappa shape index (κ1) is 21.0. The maximum Gasteiger partial charge on any atom is 0.251 e. The van der Waals surface area contributed by atoms with Gasteiger partial charge in [0.05, 0.1) is 16.3 Å². The van der Waals surface area contributed by atoms with Crippen molar-refractivity contribution in [2.75, 3.05) is 16.9 Å². The number of benzene rings is 1. The van der Waals surface area contributed by atoms with E-state index >= 15 is 0 Å². The minimum atomic E-state index is -0.525. The summed E-state index contributed by atoms with van der Waals surface area (Å²) in [6.07, 6.45) is 2.70. The highest BCUT2D eigenvalue weighted by Crippen LogP contribution is 2.39. The molecule has 5 N–H and O–H groups in total. The first-order valence-corrected chi connectivity index (χ1v) is 11.4. The summed E-state index contributed by atoms with van der Waals surface area (Å²) in [6.45, 7) is 0. The Morgan fingerprint density at radius 2 is 2.07 bits per heavy atom. The summed E-state index contributed by atoms with van der Waals surface area (Å²) in [6, 6.07) is 4.95. The Balaban J connectivity index is 1.45. The number of nitrogen functional groups attached to an aromatic ring is 1. The second kappa shape index (κ2) is 8.46. The normalized spacial score (nSPS) is 12.7. The fourth-order valence-electron chi connectivity index (χ4n) is 3.28. The fraction of sp³-hybridized carbons (Fsp3) is 0.222. The number of thiophene rings is 1. The van der Waals surface area contributed by atoms with Crippen LogP contribution in [0.4, 0.5) is 5.00 Å². The van der Waals surface area contributed by atoms with Gasteiger partial charge in [-0.3, -0.25) is 9.59 Å². The molecule has 2 amide bonds. The lowest BCUT2D eigenvalue weighted by Crippen LogP contribution is -2.19. The van der Waals surface area contributed by atoms with Crippen LogP contribution in [0.2, 0.25) is 10.0 Å². The van der Waals surface area contributed by atoms with Gasteiger partial charge in [-0.1, -0.05) is 35.0 Å². The molecular weight excluding hydrogens is 467 g/mol. The number of fused-ring (bicyclic) bond motifs is 1. The van der Waals surface area contributed by atoms with E-state index in [4.69, 9.17) is 34.8 Å². The molecule has 0 unspecified atom stereocenters. The lowest BCUT2D eigenvalue weighted by Gasteiger charge is -2.07. The minimum Gasteiger partial charge on any atom is -0.365 e. The number of aryl methyl sites for hydroxylation is 1. The lowest BCUT2D eigenvalue weighted by atomic mass is 10.1. The molecule has 1 aliphatic carbocycles. The fourth-order valence-corrected chi connectivity index (χ4v) is 5.74. The zero-order valence-electron chi connectivity index (χ0n) is 15.4. The molecule has 4 rings (SSSR count). The molecule has 156 valence electrons. The molecule has 12 heteroatoms. The Kier molecular flexibility index (Phi) is 5.92. The summed E-state index contributed by atoms with van der Waals surface area (Å²) in [7, 11) is 0. The van der Waals surface area contributed by atoms with Crippen LogP contribution in [-0.4, -0.2) is 32.4 Å². The smallest absolute Gasteiger partial charge is 0.251 e. The molecule has 3 aromatic rings. The zero-order valence-corrected chi connectivity index (χ0v) is 18.6. The van der Waals surface area contributed by atoms with Crippen molar-refractivity contribution < 1.29 is 9.59 Å². The van der Waals surface area contributed by atoms with E-state index in [2.05, 4.69) is 15.5 Å². The van der Waals surface area contributed by atoms with Crippen molar-refractivity contribution in [2.45, 2.75) is 24.4 Å². The Labute approximate surface area is 189 Å². The number of hydrogen-bond donors (Lipinski definition) is 3. The van der Waals surface area contributed by atoms with E-state index < -0.39 is 5.91 Å². The highest BCUT2D eigenvalue weighted by molar-refractivity contribution is 7.99. The third-order valence-electron chi connectivity index (χ3n) is 4.59. The lowest BCUT2D eigenvalue weighted by molar-refractivity contribution is -0.113. The van der Waals surface area contributed by atoms with E-state index in [0.717, 1.165) is 41.5 Å². The monoisotopic (exact) mass is 482 g/mol. The van der Waals surface area contributed by atoms with Crippen molar-refractivity contribution in [1.29, 1.82) is 0 Å². The summed E-state index contributed by atoms with van der Waals surface area (Å²) >= 11 is 14.7. The van der Waals surface area contributed by atoms with Crippen LogP contribution in [0.5, 0.6) is 0 Å². The van der Waals surface area contributed by atoms with Crippen LogP contribution in [0.3, 0.4) is 0 Å². The molecule has 0 saturated carbocycles. The largest absolute Gasteiger partial charge is 0.365 e. The van der Waals surface area contributed by atoms with Gasteiger partial charge in [0.15, 0.2) is 5.82 Å². The number of halogens is 2. The predicted molar refractivity (Wildman–Crippen MR) is 120 cm³/mol. The molecule has 0 radical (unpaired) electrons.